The Morgan fingerprint density at radius 2 is 1.00 bits per heavy atom. The van der Waals surface area contributed by atoms with Crippen LogP contribution in [0, 0.1) is 0 Å². The number of carbonyl (C=O) groups excluding carboxylic acids is 1. The molecule has 0 aromatic carbocycles. The number of unbranched alkanes of at least 4 members (excludes halogenated alkanes) is 7. The highest BCUT2D eigenvalue weighted by Gasteiger charge is 2.48. The molecule has 0 saturated carbocycles. The summed E-state index contributed by atoms with van der Waals surface area (Å²) in [4.78, 5) is 12.5. The standard InChI is InChI=1S/C23H50O5Si2/c1-20(2)30(21(3)4,22(5)6)28-23(24)18-16-14-12-10-11-13-15-17-19-29(25-7,26-8)27-9/h20-22H,10-19H2,1-9H3. The first-order valence-corrected chi connectivity index (χ1v) is 16.1. The van der Waals surface area contributed by atoms with Gasteiger partial charge in [-0.1, -0.05) is 80.1 Å². The van der Waals surface area contributed by atoms with E-state index in [0.29, 0.717) is 23.0 Å². The fourth-order valence-electron chi connectivity index (χ4n) is 4.83. The fourth-order valence-corrected chi connectivity index (χ4v) is 11.8. The zero-order chi connectivity index (χ0) is 23.2. The molecule has 0 saturated heterocycles. The van der Waals surface area contributed by atoms with E-state index in [0.717, 1.165) is 25.3 Å². The molecular weight excluding hydrogens is 412 g/mol. The molecule has 0 aromatic heterocycles. The molecule has 0 aliphatic heterocycles. The van der Waals surface area contributed by atoms with E-state index >= 15 is 0 Å². The van der Waals surface area contributed by atoms with Gasteiger partial charge in [0.2, 0.25) is 0 Å². The molecule has 7 heteroatoms. The van der Waals surface area contributed by atoms with E-state index in [1.54, 1.807) is 21.3 Å². The van der Waals surface area contributed by atoms with Gasteiger partial charge in [0.1, 0.15) is 0 Å². The smallest absolute Gasteiger partial charge is 0.500 e. The second kappa shape index (κ2) is 15.6. The Bertz CT molecular complexity index is 421. The summed E-state index contributed by atoms with van der Waals surface area (Å²) in [7, 11) is 0.542. The van der Waals surface area contributed by atoms with E-state index in [2.05, 4.69) is 41.5 Å². The summed E-state index contributed by atoms with van der Waals surface area (Å²) in [6.07, 6.45) is 9.80. The van der Waals surface area contributed by atoms with Crippen molar-refractivity contribution in [1.82, 2.24) is 0 Å². The lowest BCUT2D eigenvalue weighted by molar-refractivity contribution is -0.135. The van der Waals surface area contributed by atoms with E-state index in [1.165, 1.54) is 32.1 Å². The molecule has 0 fully saturated rings. The average molecular weight is 463 g/mol. The molecule has 0 radical (unpaired) electrons. The van der Waals surface area contributed by atoms with E-state index in [1.807, 2.05) is 0 Å². The third kappa shape index (κ3) is 9.51. The third-order valence-electron chi connectivity index (χ3n) is 6.54. The molecule has 0 bridgehead atoms. The van der Waals surface area contributed by atoms with Crippen molar-refractivity contribution in [2.45, 2.75) is 122 Å². The van der Waals surface area contributed by atoms with Gasteiger partial charge >= 0.3 is 8.80 Å². The van der Waals surface area contributed by atoms with Crippen molar-refractivity contribution in [2.24, 2.45) is 0 Å². The lowest BCUT2D eigenvalue weighted by Crippen LogP contribution is -2.49. The normalized spacial score (nSPS) is 12.9. The monoisotopic (exact) mass is 462 g/mol. The molecular formula is C23H50O5Si2. The second-order valence-electron chi connectivity index (χ2n) is 9.42. The van der Waals surface area contributed by atoms with Crippen molar-refractivity contribution in [3.63, 3.8) is 0 Å². The first kappa shape index (κ1) is 29.8. The maximum Gasteiger partial charge on any atom is 0.500 e. The van der Waals surface area contributed by atoms with Gasteiger partial charge in [-0.3, -0.25) is 4.79 Å². The van der Waals surface area contributed by atoms with Crippen LogP contribution < -0.4 is 0 Å². The first-order chi connectivity index (χ1) is 14.1. The molecule has 0 unspecified atom stereocenters. The highest BCUT2D eigenvalue weighted by Crippen LogP contribution is 2.42. The Labute approximate surface area is 189 Å². The summed E-state index contributed by atoms with van der Waals surface area (Å²) in [6, 6.07) is 0.881. The van der Waals surface area contributed by atoms with Crippen LogP contribution in [0.2, 0.25) is 22.7 Å². The molecule has 30 heavy (non-hydrogen) atoms. The van der Waals surface area contributed by atoms with Crippen LogP contribution in [0.15, 0.2) is 0 Å². The van der Waals surface area contributed by atoms with Crippen molar-refractivity contribution >= 4 is 23.1 Å². The topological polar surface area (TPSA) is 54.0 Å². The fraction of sp³-hybridized carbons (Fsp3) is 0.957. The number of hydrogen-bond donors (Lipinski definition) is 0. The van der Waals surface area contributed by atoms with Crippen LogP contribution >= 0.6 is 0 Å². The minimum Gasteiger partial charge on any atom is -0.518 e. The van der Waals surface area contributed by atoms with Crippen LogP contribution in [-0.2, 0) is 22.5 Å². The van der Waals surface area contributed by atoms with Gasteiger partial charge in [-0.05, 0) is 29.5 Å². The maximum atomic E-state index is 12.5. The Morgan fingerprint density at radius 3 is 1.37 bits per heavy atom. The van der Waals surface area contributed by atoms with Crippen molar-refractivity contribution in [1.29, 1.82) is 0 Å². The molecule has 0 amide bonds. The van der Waals surface area contributed by atoms with Crippen molar-refractivity contribution < 1.29 is 22.5 Å². The molecule has 0 aliphatic rings. The van der Waals surface area contributed by atoms with Crippen LogP contribution in [0.1, 0.15) is 99.3 Å². The largest absolute Gasteiger partial charge is 0.518 e. The highest BCUT2D eigenvalue weighted by molar-refractivity contribution is 6.78. The van der Waals surface area contributed by atoms with Crippen LogP contribution in [0.3, 0.4) is 0 Å². The van der Waals surface area contributed by atoms with E-state index in [9.17, 15) is 4.79 Å². The van der Waals surface area contributed by atoms with Crippen molar-refractivity contribution in [2.75, 3.05) is 21.3 Å². The van der Waals surface area contributed by atoms with Gasteiger partial charge in [0.05, 0.1) is 0 Å². The predicted octanol–water partition coefficient (Wildman–Crippen LogP) is 7.09. The van der Waals surface area contributed by atoms with E-state index < -0.39 is 17.1 Å². The SMILES string of the molecule is CO[Si](CCCCCCCCCCC(=O)O[Si](C(C)C)(C(C)C)C(C)C)(OC)OC. The molecule has 5 nitrogen and oxygen atoms in total. The predicted molar refractivity (Wildman–Crippen MR) is 130 cm³/mol. The van der Waals surface area contributed by atoms with Crippen LogP contribution in [0.4, 0.5) is 0 Å². The lowest BCUT2D eigenvalue weighted by Gasteiger charge is -2.41. The van der Waals surface area contributed by atoms with Gasteiger partial charge in [0, 0.05) is 33.8 Å². The lowest BCUT2D eigenvalue weighted by atomic mass is 10.1. The van der Waals surface area contributed by atoms with Gasteiger partial charge in [0.25, 0.3) is 14.3 Å². The van der Waals surface area contributed by atoms with Crippen LogP contribution in [-0.4, -0.2) is 44.4 Å². The maximum absolute atomic E-state index is 12.5. The molecule has 180 valence electrons. The van der Waals surface area contributed by atoms with E-state index in [4.69, 9.17) is 17.7 Å². The number of hydrogen-bond acceptors (Lipinski definition) is 5. The molecule has 0 rings (SSSR count). The summed E-state index contributed by atoms with van der Waals surface area (Å²) < 4.78 is 22.6. The Kier molecular flexibility index (Phi) is 15.5. The average Bonchev–Trinajstić information content (AvgIpc) is 2.70. The summed E-state index contributed by atoms with van der Waals surface area (Å²) in [5.41, 5.74) is 1.35. The van der Waals surface area contributed by atoms with Gasteiger partial charge in [-0.25, -0.2) is 0 Å². The molecule has 0 aromatic rings. The van der Waals surface area contributed by atoms with Crippen LogP contribution in [0.25, 0.3) is 0 Å². The minimum absolute atomic E-state index is 0.0276. The summed E-state index contributed by atoms with van der Waals surface area (Å²) in [6.45, 7) is 13.3. The Balaban J connectivity index is 3.98. The molecule has 0 spiro atoms. The van der Waals surface area contributed by atoms with Gasteiger partial charge in [-0.2, -0.15) is 0 Å². The van der Waals surface area contributed by atoms with Gasteiger partial charge in [-0.15, -0.1) is 0 Å². The highest BCUT2D eigenvalue weighted by atomic mass is 28.4. The molecule has 0 N–H and O–H groups in total. The van der Waals surface area contributed by atoms with Gasteiger partial charge in [0.15, 0.2) is 0 Å². The molecule has 0 aliphatic carbocycles. The molecule has 0 atom stereocenters. The van der Waals surface area contributed by atoms with Gasteiger partial charge < -0.3 is 17.7 Å². The second-order valence-corrected chi connectivity index (χ2v) is 17.9. The van der Waals surface area contributed by atoms with E-state index in [-0.39, 0.29) is 5.97 Å². The minimum atomic E-state index is -2.39. The zero-order valence-corrected chi connectivity index (χ0v) is 23.3. The quantitative estimate of drug-likeness (QED) is 0.161. The Hall–Kier alpha value is -0.216. The van der Waals surface area contributed by atoms with Crippen molar-refractivity contribution in [3.8, 4) is 0 Å². The number of rotatable bonds is 18. The van der Waals surface area contributed by atoms with Crippen LogP contribution in [0.5, 0.6) is 0 Å². The first-order valence-electron chi connectivity index (χ1n) is 12.0. The zero-order valence-electron chi connectivity index (χ0n) is 21.3. The third-order valence-corrected chi connectivity index (χ3v) is 15.4. The van der Waals surface area contributed by atoms with Crippen molar-refractivity contribution in [3.05, 3.63) is 0 Å². The summed E-state index contributed by atoms with van der Waals surface area (Å²) >= 11 is 0. The number of carbonyl (C=O) groups is 1. The molecule has 0 heterocycles. The summed E-state index contributed by atoms with van der Waals surface area (Å²) in [5.74, 6) is 0.0276. The summed E-state index contributed by atoms with van der Waals surface area (Å²) in [5, 5.41) is 0. The Morgan fingerprint density at radius 1 is 0.633 bits per heavy atom.